The number of ether oxygens (including phenoxy) is 1. The molecule has 3 aliphatic rings. The van der Waals surface area contributed by atoms with Crippen LogP contribution in [0.25, 0.3) is 0 Å². The van der Waals surface area contributed by atoms with Crippen LogP contribution >= 0.6 is 0 Å². The molecule has 0 aromatic carbocycles. The normalized spacial score (nSPS) is 27.3. The number of carbonyl (C=O) groups excluding carboxylic acids is 2. The zero-order chi connectivity index (χ0) is 15.4. The molecule has 2 N–H and O–H groups in total. The Morgan fingerprint density at radius 2 is 1.82 bits per heavy atom. The third-order valence-corrected chi connectivity index (χ3v) is 5.12. The molecule has 124 valence electrons. The molecular weight excluding hydrogens is 282 g/mol. The van der Waals surface area contributed by atoms with E-state index >= 15 is 0 Å². The highest BCUT2D eigenvalue weighted by molar-refractivity contribution is 5.81. The molecule has 3 fully saturated rings. The summed E-state index contributed by atoms with van der Waals surface area (Å²) in [6.07, 6.45) is 6.37. The van der Waals surface area contributed by atoms with Crippen LogP contribution < -0.4 is 10.2 Å². The zero-order valence-corrected chi connectivity index (χ0v) is 13.3. The van der Waals surface area contributed by atoms with Gasteiger partial charge in [-0.05, 0) is 25.7 Å². The van der Waals surface area contributed by atoms with Crippen molar-refractivity contribution in [2.75, 3.05) is 39.3 Å². The van der Waals surface area contributed by atoms with Gasteiger partial charge in [-0.2, -0.15) is 0 Å². The van der Waals surface area contributed by atoms with Crippen LogP contribution in [0.4, 0.5) is 0 Å². The highest BCUT2D eigenvalue weighted by atomic mass is 16.5. The summed E-state index contributed by atoms with van der Waals surface area (Å²) in [5.74, 6) is 0.313. The van der Waals surface area contributed by atoms with Gasteiger partial charge in [0, 0.05) is 12.6 Å². The molecule has 2 heterocycles. The minimum atomic E-state index is -0.216. The molecule has 2 amide bonds. The van der Waals surface area contributed by atoms with Crippen LogP contribution in [0.5, 0.6) is 0 Å². The number of amides is 2. The summed E-state index contributed by atoms with van der Waals surface area (Å²) in [5, 5.41) is 3.14. The molecule has 6 heteroatoms. The SMILES string of the molecule is O=C(C[NH+]1CCN(C(=O)[C@@H]2CCCO2)CC1)NC1CCCC1. The van der Waals surface area contributed by atoms with Crippen molar-refractivity contribution < 1.29 is 19.2 Å². The molecular formula is C16H28N3O3+. The number of hydrogen-bond acceptors (Lipinski definition) is 3. The van der Waals surface area contributed by atoms with E-state index in [1.165, 1.54) is 17.7 Å². The number of quaternary nitrogens is 1. The Morgan fingerprint density at radius 3 is 2.45 bits per heavy atom. The van der Waals surface area contributed by atoms with Crippen LogP contribution in [0.1, 0.15) is 38.5 Å². The maximum absolute atomic E-state index is 12.3. The lowest BCUT2D eigenvalue weighted by Gasteiger charge is -2.33. The standard InChI is InChI=1S/C16H27N3O3/c20-15(17-13-4-1-2-5-13)12-18-7-9-19(10-8-18)16(21)14-6-3-11-22-14/h13-14H,1-12H2,(H,17,20)/p+1/t14-/m0/s1. The van der Waals surface area contributed by atoms with Gasteiger partial charge in [0.1, 0.15) is 6.10 Å². The summed E-state index contributed by atoms with van der Waals surface area (Å²) in [6.45, 7) is 4.45. The summed E-state index contributed by atoms with van der Waals surface area (Å²) >= 11 is 0. The molecule has 0 radical (unpaired) electrons. The number of nitrogens with zero attached hydrogens (tertiary/aromatic N) is 1. The van der Waals surface area contributed by atoms with Crippen molar-refractivity contribution in [1.82, 2.24) is 10.2 Å². The lowest BCUT2D eigenvalue weighted by molar-refractivity contribution is -0.896. The monoisotopic (exact) mass is 310 g/mol. The van der Waals surface area contributed by atoms with Crippen molar-refractivity contribution >= 4 is 11.8 Å². The summed E-state index contributed by atoms with van der Waals surface area (Å²) in [5.41, 5.74) is 0. The average molecular weight is 310 g/mol. The van der Waals surface area contributed by atoms with E-state index in [0.29, 0.717) is 19.2 Å². The van der Waals surface area contributed by atoms with E-state index in [1.54, 1.807) is 0 Å². The van der Waals surface area contributed by atoms with Crippen LogP contribution in [0.2, 0.25) is 0 Å². The predicted octanol–water partition coefficient (Wildman–Crippen LogP) is -1.05. The molecule has 2 saturated heterocycles. The highest BCUT2D eigenvalue weighted by Crippen LogP contribution is 2.17. The van der Waals surface area contributed by atoms with Crippen LogP contribution in [-0.2, 0) is 14.3 Å². The van der Waals surface area contributed by atoms with Gasteiger partial charge >= 0.3 is 0 Å². The van der Waals surface area contributed by atoms with E-state index < -0.39 is 0 Å². The summed E-state index contributed by atoms with van der Waals surface area (Å²) in [4.78, 5) is 27.5. The molecule has 0 bridgehead atoms. The second kappa shape index (κ2) is 7.42. The molecule has 0 spiro atoms. The van der Waals surface area contributed by atoms with Crippen molar-refractivity contribution in [3.05, 3.63) is 0 Å². The topological polar surface area (TPSA) is 63.1 Å². The highest BCUT2D eigenvalue weighted by Gasteiger charge is 2.32. The van der Waals surface area contributed by atoms with Gasteiger partial charge in [0.15, 0.2) is 6.54 Å². The Morgan fingerprint density at radius 1 is 1.09 bits per heavy atom. The van der Waals surface area contributed by atoms with Gasteiger partial charge in [-0.1, -0.05) is 12.8 Å². The lowest BCUT2D eigenvalue weighted by Crippen LogP contribution is -3.16. The van der Waals surface area contributed by atoms with Gasteiger partial charge in [-0.15, -0.1) is 0 Å². The Bertz CT molecular complexity index is 395. The summed E-state index contributed by atoms with van der Waals surface area (Å²) < 4.78 is 5.47. The van der Waals surface area contributed by atoms with Crippen LogP contribution in [0, 0.1) is 0 Å². The van der Waals surface area contributed by atoms with Gasteiger partial charge < -0.3 is 19.9 Å². The van der Waals surface area contributed by atoms with Gasteiger partial charge in [0.2, 0.25) is 0 Å². The van der Waals surface area contributed by atoms with E-state index in [9.17, 15) is 9.59 Å². The Hall–Kier alpha value is -1.14. The fourth-order valence-electron chi connectivity index (χ4n) is 3.77. The van der Waals surface area contributed by atoms with E-state index in [4.69, 9.17) is 4.74 Å². The van der Waals surface area contributed by atoms with E-state index in [2.05, 4.69) is 5.32 Å². The second-order valence-electron chi connectivity index (χ2n) is 6.80. The van der Waals surface area contributed by atoms with Crippen LogP contribution in [0.15, 0.2) is 0 Å². The number of rotatable bonds is 4. The van der Waals surface area contributed by atoms with Crippen molar-refractivity contribution in [2.45, 2.75) is 50.7 Å². The fourth-order valence-corrected chi connectivity index (χ4v) is 3.77. The molecule has 1 atom stereocenters. The van der Waals surface area contributed by atoms with Crippen LogP contribution in [-0.4, -0.2) is 68.2 Å². The van der Waals surface area contributed by atoms with Gasteiger partial charge in [-0.3, -0.25) is 9.59 Å². The molecule has 0 aromatic heterocycles. The molecule has 0 aromatic rings. The molecule has 6 nitrogen and oxygen atoms in total. The molecule has 0 unspecified atom stereocenters. The van der Waals surface area contributed by atoms with E-state index in [1.807, 2.05) is 4.90 Å². The summed E-state index contributed by atoms with van der Waals surface area (Å²) in [6, 6.07) is 0.397. The average Bonchev–Trinajstić information content (AvgIpc) is 3.20. The largest absolute Gasteiger partial charge is 0.368 e. The molecule has 1 aliphatic carbocycles. The first-order chi connectivity index (χ1) is 10.7. The van der Waals surface area contributed by atoms with E-state index in [0.717, 1.165) is 51.9 Å². The van der Waals surface area contributed by atoms with Crippen molar-refractivity contribution in [1.29, 1.82) is 0 Å². The first kappa shape index (κ1) is 15.7. The third kappa shape index (κ3) is 3.98. The Kier molecular flexibility index (Phi) is 5.31. The summed E-state index contributed by atoms with van der Waals surface area (Å²) in [7, 11) is 0. The molecule has 1 saturated carbocycles. The predicted molar refractivity (Wildman–Crippen MR) is 81.5 cm³/mol. The van der Waals surface area contributed by atoms with Gasteiger partial charge in [0.25, 0.3) is 11.8 Å². The van der Waals surface area contributed by atoms with Gasteiger partial charge in [0.05, 0.1) is 26.2 Å². The number of piperazine rings is 1. The smallest absolute Gasteiger partial charge is 0.275 e. The van der Waals surface area contributed by atoms with Crippen molar-refractivity contribution in [2.24, 2.45) is 0 Å². The minimum absolute atomic E-state index is 0.145. The molecule has 2 aliphatic heterocycles. The maximum atomic E-state index is 12.3. The number of hydrogen-bond donors (Lipinski definition) is 2. The van der Waals surface area contributed by atoms with Crippen molar-refractivity contribution in [3.8, 4) is 0 Å². The number of nitrogens with one attached hydrogen (secondary N) is 2. The first-order valence-corrected chi connectivity index (χ1v) is 8.75. The van der Waals surface area contributed by atoms with Crippen molar-refractivity contribution in [3.63, 3.8) is 0 Å². The maximum Gasteiger partial charge on any atom is 0.275 e. The zero-order valence-electron chi connectivity index (χ0n) is 13.3. The number of carbonyl (C=O) groups is 2. The quantitative estimate of drug-likeness (QED) is 0.697. The van der Waals surface area contributed by atoms with E-state index in [-0.39, 0.29) is 17.9 Å². The Balaban J connectivity index is 1.37. The minimum Gasteiger partial charge on any atom is -0.368 e. The third-order valence-electron chi connectivity index (χ3n) is 5.12. The lowest BCUT2D eigenvalue weighted by atomic mass is 10.2. The Labute approximate surface area is 132 Å². The molecule has 3 rings (SSSR count). The van der Waals surface area contributed by atoms with Gasteiger partial charge in [-0.25, -0.2) is 0 Å². The van der Waals surface area contributed by atoms with Crippen LogP contribution in [0.3, 0.4) is 0 Å². The fraction of sp³-hybridized carbons (Fsp3) is 0.875. The molecule has 22 heavy (non-hydrogen) atoms. The second-order valence-corrected chi connectivity index (χ2v) is 6.80. The first-order valence-electron chi connectivity index (χ1n) is 8.75.